The predicted octanol–water partition coefficient (Wildman–Crippen LogP) is 1.86. The molecule has 2 unspecified atom stereocenters. The van der Waals surface area contributed by atoms with Crippen molar-refractivity contribution in [1.82, 2.24) is 10.2 Å². The van der Waals surface area contributed by atoms with Gasteiger partial charge in [-0.3, -0.25) is 4.90 Å². The molecule has 0 aromatic rings. The Labute approximate surface area is 107 Å². The Bertz CT molecular complexity index is 210. The summed E-state index contributed by atoms with van der Waals surface area (Å²) in [7, 11) is 0. The summed E-state index contributed by atoms with van der Waals surface area (Å²) < 4.78 is 0. The lowest BCUT2D eigenvalue weighted by Gasteiger charge is -2.33. The molecule has 102 valence electrons. The van der Waals surface area contributed by atoms with E-state index in [1.807, 2.05) is 6.92 Å². The van der Waals surface area contributed by atoms with Gasteiger partial charge in [0.15, 0.2) is 0 Å². The summed E-state index contributed by atoms with van der Waals surface area (Å²) in [6.07, 6.45) is 3.40. The van der Waals surface area contributed by atoms with Crippen LogP contribution < -0.4 is 5.32 Å². The molecule has 2 atom stereocenters. The molecule has 3 nitrogen and oxygen atoms in total. The fourth-order valence-electron chi connectivity index (χ4n) is 2.54. The first-order chi connectivity index (χ1) is 7.93. The van der Waals surface area contributed by atoms with Gasteiger partial charge in [-0.15, -0.1) is 0 Å². The van der Waals surface area contributed by atoms with E-state index in [1.165, 1.54) is 12.8 Å². The van der Waals surface area contributed by atoms with Crippen LogP contribution in [0.4, 0.5) is 0 Å². The van der Waals surface area contributed by atoms with Gasteiger partial charge in [-0.2, -0.15) is 0 Å². The van der Waals surface area contributed by atoms with Crippen molar-refractivity contribution < 1.29 is 5.11 Å². The highest BCUT2D eigenvalue weighted by Crippen LogP contribution is 2.15. The van der Waals surface area contributed by atoms with E-state index in [0.717, 1.165) is 32.6 Å². The van der Waals surface area contributed by atoms with Gasteiger partial charge in [0.25, 0.3) is 0 Å². The summed E-state index contributed by atoms with van der Waals surface area (Å²) >= 11 is 0. The van der Waals surface area contributed by atoms with E-state index in [4.69, 9.17) is 0 Å². The minimum Gasteiger partial charge on any atom is -0.389 e. The number of hydrogen-bond acceptors (Lipinski definition) is 3. The second-order valence-corrected chi connectivity index (χ2v) is 6.23. The third kappa shape index (κ3) is 5.84. The molecule has 1 rings (SSSR count). The molecule has 0 radical (unpaired) electrons. The molecule has 0 saturated carbocycles. The first-order valence-electron chi connectivity index (χ1n) is 7.11. The monoisotopic (exact) mass is 242 g/mol. The van der Waals surface area contributed by atoms with E-state index in [0.29, 0.717) is 12.0 Å². The minimum atomic E-state index is -0.548. The van der Waals surface area contributed by atoms with Crippen molar-refractivity contribution in [2.75, 3.05) is 26.2 Å². The maximum absolute atomic E-state index is 10.2. The Morgan fingerprint density at radius 2 is 2.18 bits per heavy atom. The fourth-order valence-corrected chi connectivity index (χ4v) is 2.54. The number of aliphatic hydroxyl groups is 1. The molecule has 1 fully saturated rings. The molecule has 0 spiro atoms. The van der Waals surface area contributed by atoms with Crippen LogP contribution in [-0.2, 0) is 0 Å². The lowest BCUT2D eigenvalue weighted by Crippen LogP contribution is -2.46. The topological polar surface area (TPSA) is 35.5 Å². The van der Waals surface area contributed by atoms with Crippen LogP contribution in [0.25, 0.3) is 0 Å². The summed E-state index contributed by atoms with van der Waals surface area (Å²) in [5, 5.41) is 13.8. The van der Waals surface area contributed by atoms with Crippen LogP contribution in [0.1, 0.15) is 47.0 Å². The maximum atomic E-state index is 10.2. The number of nitrogens with zero attached hydrogens (tertiary/aromatic N) is 1. The molecule has 1 aliphatic rings. The molecule has 0 amide bonds. The lowest BCUT2D eigenvalue weighted by molar-refractivity contribution is 0.0111. The van der Waals surface area contributed by atoms with Gasteiger partial charge in [0.05, 0.1) is 5.60 Å². The zero-order valence-electron chi connectivity index (χ0n) is 12.0. The van der Waals surface area contributed by atoms with Crippen molar-refractivity contribution in [1.29, 1.82) is 0 Å². The van der Waals surface area contributed by atoms with E-state index < -0.39 is 5.60 Å². The zero-order valence-corrected chi connectivity index (χ0v) is 12.0. The maximum Gasteiger partial charge on any atom is 0.0743 e. The van der Waals surface area contributed by atoms with Gasteiger partial charge in [0.1, 0.15) is 0 Å². The summed E-state index contributed by atoms with van der Waals surface area (Å²) in [5.74, 6) is 0.657. The minimum absolute atomic E-state index is 0.548. The van der Waals surface area contributed by atoms with Crippen molar-refractivity contribution in [3.63, 3.8) is 0 Å². The summed E-state index contributed by atoms with van der Waals surface area (Å²) in [6, 6.07) is 0.626. The van der Waals surface area contributed by atoms with E-state index in [-0.39, 0.29) is 0 Å². The molecule has 17 heavy (non-hydrogen) atoms. The average Bonchev–Trinajstić information content (AvgIpc) is 2.68. The smallest absolute Gasteiger partial charge is 0.0743 e. The van der Waals surface area contributed by atoms with Gasteiger partial charge >= 0.3 is 0 Å². The molecule has 1 heterocycles. The Morgan fingerprint density at radius 1 is 1.47 bits per heavy atom. The normalized spacial score (nSPS) is 24.5. The largest absolute Gasteiger partial charge is 0.389 e. The molecule has 0 aromatic heterocycles. The number of hydrogen-bond donors (Lipinski definition) is 2. The first kappa shape index (κ1) is 14.9. The summed E-state index contributed by atoms with van der Waals surface area (Å²) in [5.41, 5.74) is -0.548. The highest BCUT2D eigenvalue weighted by molar-refractivity contribution is 4.82. The van der Waals surface area contributed by atoms with Crippen LogP contribution >= 0.6 is 0 Å². The summed E-state index contributed by atoms with van der Waals surface area (Å²) in [6.45, 7) is 12.6. The van der Waals surface area contributed by atoms with Crippen LogP contribution in [0.5, 0.6) is 0 Å². The number of rotatable bonds is 7. The lowest BCUT2D eigenvalue weighted by atomic mass is 10.0. The Kier molecular flexibility index (Phi) is 5.90. The Balaban J connectivity index is 2.47. The molecular formula is C14H30N2O. The molecular weight excluding hydrogens is 212 g/mol. The van der Waals surface area contributed by atoms with E-state index in [2.05, 4.69) is 31.0 Å². The quantitative estimate of drug-likeness (QED) is 0.715. The van der Waals surface area contributed by atoms with Gasteiger partial charge in [-0.05, 0) is 38.6 Å². The van der Waals surface area contributed by atoms with Gasteiger partial charge < -0.3 is 10.4 Å². The number of nitrogens with one attached hydrogen (secondary N) is 1. The van der Waals surface area contributed by atoms with Gasteiger partial charge in [0, 0.05) is 25.7 Å². The van der Waals surface area contributed by atoms with Gasteiger partial charge in [-0.25, -0.2) is 0 Å². The van der Waals surface area contributed by atoms with Crippen molar-refractivity contribution in [3.05, 3.63) is 0 Å². The molecule has 0 aliphatic carbocycles. The Morgan fingerprint density at radius 3 is 2.65 bits per heavy atom. The van der Waals surface area contributed by atoms with Crippen molar-refractivity contribution in [2.45, 2.75) is 58.6 Å². The molecule has 3 heteroatoms. The molecule has 0 aromatic carbocycles. The van der Waals surface area contributed by atoms with E-state index in [9.17, 15) is 5.11 Å². The van der Waals surface area contributed by atoms with Gasteiger partial charge in [0.2, 0.25) is 0 Å². The van der Waals surface area contributed by atoms with Crippen LogP contribution in [0, 0.1) is 5.92 Å². The highest BCUT2D eigenvalue weighted by atomic mass is 16.3. The predicted molar refractivity (Wildman–Crippen MR) is 73.2 cm³/mol. The van der Waals surface area contributed by atoms with Crippen molar-refractivity contribution in [3.8, 4) is 0 Å². The van der Waals surface area contributed by atoms with Crippen LogP contribution in [0.2, 0.25) is 0 Å². The Hall–Kier alpha value is -0.120. The molecule has 2 N–H and O–H groups in total. The van der Waals surface area contributed by atoms with Gasteiger partial charge in [-0.1, -0.05) is 20.8 Å². The average molecular weight is 242 g/mol. The SMILES string of the molecule is CCC(C)(O)CN(CC(C)C)CC1CCCN1. The van der Waals surface area contributed by atoms with Crippen LogP contribution in [0.3, 0.4) is 0 Å². The summed E-state index contributed by atoms with van der Waals surface area (Å²) in [4.78, 5) is 2.43. The molecule has 0 bridgehead atoms. The van der Waals surface area contributed by atoms with Crippen LogP contribution in [-0.4, -0.2) is 47.8 Å². The van der Waals surface area contributed by atoms with Crippen LogP contribution in [0.15, 0.2) is 0 Å². The molecule has 1 saturated heterocycles. The second kappa shape index (κ2) is 6.72. The van der Waals surface area contributed by atoms with Crippen molar-refractivity contribution >= 4 is 0 Å². The highest BCUT2D eigenvalue weighted by Gasteiger charge is 2.25. The standard InChI is InChI=1S/C14H30N2O/c1-5-14(4,17)11-16(9-12(2)3)10-13-7-6-8-15-13/h12-13,15,17H,5-11H2,1-4H3. The fraction of sp³-hybridized carbons (Fsp3) is 1.00. The van der Waals surface area contributed by atoms with E-state index >= 15 is 0 Å². The second-order valence-electron chi connectivity index (χ2n) is 6.23. The van der Waals surface area contributed by atoms with E-state index in [1.54, 1.807) is 0 Å². The molecule has 1 aliphatic heterocycles. The first-order valence-corrected chi connectivity index (χ1v) is 7.11. The third-order valence-electron chi connectivity index (χ3n) is 3.59. The zero-order chi connectivity index (χ0) is 12.9. The van der Waals surface area contributed by atoms with Crippen molar-refractivity contribution in [2.24, 2.45) is 5.92 Å². The third-order valence-corrected chi connectivity index (χ3v) is 3.59.